The minimum absolute atomic E-state index is 0.0896. The molecule has 0 unspecified atom stereocenters. The number of imide groups is 1. The van der Waals surface area contributed by atoms with E-state index >= 15 is 0 Å². The van der Waals surface area contributed by atoms with E-state index in [2.05, 4.69) is 20.8 Å². The molecule has 7 heteroatoms. The molecule has 0 saturated heterocycles. The highest BCUT2D eigenvalue weighted by Gasteiger charge is 2.35. The predicted octanol–water partition coefficient (Wildman–Crippen LogP) is 3.76. The summed E-state index contributed by atoms with van der Waals surface area (Å²) >= 11 is 0. The summed E-state index contributed by atoms with van der Waals surface area (Å²) in [4.78, 5) is 41.8. The number of urea groups is 1. The number of nitrogens with two attached hydrogens (primary N) is 1. The normalized spacial score (nSPS) is 17.2. The van der Waals surface area contributed by atoms with E-state index in [1.807, 2.05) is 29.6 Å². The highest BCUT2D eigenvalue weighted by molar-refractivity contribution is 6.06. The molecule has 1 aromatic heterocycles. The third-order valence-corrected chi connectivity index (χ3v) is 6.03. The maximum atomic E-state index is 13.4. The Labute approximate surface area is 182 Å². The first kappa shape index (κ1) is 22.7. The molecule has 0 bridgehead atoms. The van der Waals surface area contributed by atoms with Crippen molar-refractivity contribution in [3.8, 4) is 0 Å². The van der Waals surface area contributed by atoms with Gasteiger partial charge in [-0.3, -0.25) is 15.1 Å². The molecule has 0 aliphatic heterocycles. The number of para-hydroxylation sites is 1. The van der Waals surface area contributed by atoms with Crippen LogP contribution in [0.3, 0.4) is 0 Å². The van der Waals surface area contributed by atoms with Crippen LogP contribution < -0.4 is 11.1 Å². The van der Waals surface area contributed by atoms with Crippen LogP contribution in [0.15, 0.2) is 24.3 Å². The van der Waals surface area contributed by atoms with E-state index in [-0.39, 0.29) is 11.3 Å². The first-order valence-electron chi connectivity index (χ1n) is 10.7. The van der Waals surface area contributed by atoms with E-state index in [1.165, 1.54) is 0 Å². The fraction of sp³-hybridized carbons (Fsp3) is 0.500. The summed E-state index contributed by atoms with van der Waals surface area (Å²) in [6, 6.07) is 6.49. The van der Waals surface area contributed by atoms with E-state index in [0.29, 0.717) is 16.9 Å². The van der Waals surface area contributed by atoms with Crippen LogP contribution in [0.25, 0.3) is 10.9 Å². The van der Waals surface area contributed by atoms with Crippen molar-refractivity contribution >= 4 is 28.8 Å². The standard InChI is InChI=1S/C24H31N3O4/c1-13(2)20(21(28)27-23(25)30)31-22(29)19-15-8-6-7-9-17(15)26-18-11-10-14(12-16(18)19)24(3,4)5/h6-9,13-14,20H,10-12H2,1-5H3,(H3,25,27,28,30)/t14-,20+/m0/s1. The Hall–Kier alpha value is -2.96. The average molecular weight is 426 g/mol. The number of amides is 3. The number of carbonyl (C=O) groups is 3. The van der Waals surface area contributed by atoms with Crippen molar-refractivity contribution in [3.05, 3.63) is 41.1 Å². The third kappa shape index (κ3) is 4.86. The first-order valence-corrected chi connectivity index (χ1v) is 10.7. The molecular weight excluding hydrogens is 394 g/mol. The zero-order chi connectivity index (χ0) is 22.9. The van der Waals surface area contributed by atoms with Crippen LogP contribution in [0.5, 0.6) is 0 Å². The lowest BCUT2D eigenvalue weighted by molar-refractivity contribution is -0.130. The molecule has 7 nitrogen and oxygen atoms in total. The Morgan fingerprint density at radius 3 is 2.48 bits per heavy atom. The van der Waals surface area contributed by atoms with E-state index < -0.39 is 24.0 Å². The predicted molar refractivity (Wildman–Crippen MR) is 118 cm³/mol. The van der Waals surface area contributed by atoms with Crippen LogP contribution in [0.4, 0.5) is 4.79 Å². The van der Waals surface area contributed by atoms with Gasteiger partial charge < -0.3 is 10.5 Å². The molecule has 1 aliphatic carbocycles. The lowest BCUT2D eigenvalue weighted by Crippen LogP contribution is -2.45. The molecule has 1 aliphatic rings. The number of pyridine rings is 1. The van der Waals surface area contributed by atoms with E-state index in [0.717, 1.165) is 36.0 Å². The minimum atomic E-state index is -1.13. The molecule has 2 atom stereocenters. The lowest BCUT2D eigenvalue weighted by Gasteiger charge is -2.35. The van der Waals surface area contributed by atoms with Gasteiger partial charge in [0.1, 0.15) is 0 Å². The average Bonchev–Trinajstić information content (AvgIpc) is 2.67. The number of carbonyl (C=O) groups excluding carboxylic acids is 3. The molecule has 3 amide bonds. The number of benzene rings is 1. The van der Waals surface area contributed by atoms with Gasteiger partial charge in [-0.25, -0.2) is 9.59 Å². The molecule has 31 heavy (non-hydrogen) atoms. The number of nitrogens with one attached hydrogen (secondary N) is 1. The number of aromatic nitrogens is 1. The van der Waals surface area contributed by atoms with Crippen molar-refractivity contribution in [1.82, 2.24) is 10.3 Å². The maximum absolute atomic E-state index is 13.4. The number of fused-ring (bicyclic) bond motifs is 2. The fourth-order valence-corrected chi connectivity index (χ4v) is 4.22. The monoisotopic (exact) mass is 425 g/mol. The molecule has 0 radical (unpaired) electrons. The van der Waals surface area contributed by atoms with Crippen molar-refractivity contribution in [3.63, 3.8) is 0 Å². The largest absolute Gasteiger partial charge is 0.448 e. The molecule has 1 heterocycles. The van der Waals surface area contributed by atoms with Gasteiger partial charge in [-0.05, 0) is 48.1 Å². The molecule has 3 rings (SSSR count). The molecular formula is C24H31N3O4. The Morgan fingerprint density at radius 2 is 1.87 bits per heavy atom. The Kier molecular flexibility index (Phi) is 6.34. The van der Waals surface area contributed by atoms with Crippen molar-refractivity contribution in [2.75, 3.05) is 0 Å². The molecule has 0 fully saturated rings. The summed E-state index contributed by atoms with van der Waals surface area (Å²) in [5.41, 5.74) is 8.16. The van der Waals surface area contributed by atoms with Crippen molar-refractivity contribution < 1.29 is 19.1 Å². The van der Waals surface area contributed by atoms with Gasteiger partial charge in [-0.2, -0.15) is 0 Å². The highest BCUT2D eigenvalue weighted by Crippen LogP contribution is 2.39. The summed E-state index contributed by atoms with van der Waals surface area (Å²) in [6.07, 6.45) is 1.38. The second-order valence-corrected chi connectivity index (χ2v) is 9.66. The zero-order valence-electron chi connectivity index (χ0n) is 18.8. The summed E-state index contributed by atoms with van der Waals surface area (Å²) in [6.45, 7) is 10.1. The summed E-state index contributed by atoms with van der Waals surface area (Å²) < 4.78 is 5.67. The second kappa shape index (κ2) is 8.65. The maximum Gasteiger partial charge on any atom is 0.339 e. The van der Waals surface area contributed by atoms with Gasteiger partial charge in [-0.15, -0.1) is 0 Å². The van der Waals surface area contributed by atoms with Gasteiger partial charge >= 0.3 is 12.0 Å². The summed E-state index contributed by atoms with van der Waals surface area (Å²) in [7, 11) is 0. The molecule has 1 aromatic carbocycles. The number of ether oxygens (including phenoxy) is 1. The molecule has 3 N–H and O–H groups in total. The van der Waals surface area contributed by atoms with E-state index in [4.69, 9.17) is 15.5 Å². The van der Waals surface area contributed by atoms with Crippen LogP contribution in [0.2, 0.25) is 0 Å². The van der Waals surface area contributed by atoms with Crippen molar-refractivity contribution in [1.29, 1.82) is 0 Å². The number of nitrogens with zero attached hydrogens (tertiary/aromatic N) is 1. The van der Waals surface area contributed by atoms with E-state index in [1.54, 1.807) is 13.8 Å². The highest BCUT2D eigenvalue weighted by atomic mass is 16.5. The molecule has 0 saturated carbocycles. The zero-order valence-corrected chi connectivity index (χ0v) is 18.8. The van der Waals surface area contributed by atoms with Crippen LogP contribution in [0.1, 0.15) is 62.7 Å². The smallest absolute Gasteiger partial charge is 0.339 e. The number of esters is 1. The number of aryl methyl sites for hydroxylation is 1. The van der Waals surface area contributed by atoms with Gasteiger partial charge in [0.05, 0.1) is 11.1 Å². The van der Waals surface area contributed by atoms with Gasteiger partial charge in [0, 0.05) is 11.1 Å². The van der Waals surface area contributed by atoms with Gasteiger partial charge in [-0.1, -0.05) is 52.8 Å². The van der Waals surface area contributed by atoms with E-state index in [9.17, 15) is 14.4 Å². The molecule has 2 aromatic rings. The van der Waals surface area contributed by atoms with Gasteiger partial charge in [0.25, 0.3) is 5.91 Å². The second-order valence-electron chi connectivity index (χ2n) is 9.66. The van der Waals surface area contributed by atoms with Crippen LogP contribution in [-0.4, -0.2) is 29.0 Å². The molecule has 0 spiro atoms. The van der Waals surface area contributed by atoms with Crippen LogP contribution in [0, 0.1) is 17.3 Å². The Morgan fingerprint density at radius 1 is 1.19 bits per heavy atom. The number of hydrogen-bond donors (Lipinski definition) is 2. The van der Waals surface area contributed by atoms with Crippen LogP contribution in [-0.2, 0) is 22.4 Å². The Bertz CT molecular complexity index is 1020. The third-order valence-electron chi connectivity index (χ3n) is 6.03. The van der Waals surface area contributed by atoms with Crippen LogP contribution >= 0.6 is 0 Å². The van der Waals surface area contributed by atoms with Crippen molar-refractivity contribution in [2.45, 2.75) is 60.0 Å². The SMILES string of the molecule is CC(C)[C@@H](OC(=O)c1c2c(nc3ccccc13)CC[C@H](C(C)(C)C)C2)C(=O)NC(N)=O. The lowest BCUT2D eigenvalue weighted by atomic mass is 9.70. The molecule has 166 valence electrons. The number of primary amides is 1. The van der Waals surface area contributed by atoms with Crippen molar-refractivity contribution in [2.24, 2.45) is 23.0 Å². The first-order chi connectivity index (χ1) is 14.5. The topological polar surface area (TPSA) is 111 Å². The quantitative estimate of drug-likeness (QED) is 0.725. The van der Waals surface area contributed by atoms with Gasteiger partial charge in [0.2, 0.25) is 0 Å². The number of hydrogen-bond acceptors (Lipinski definition) is 5. The van der Waals surface area contributed by atoms with Gasteiger partial charge in [0.15, 0.2) is 6.10 Å². The fourth-order valence-electron chi connectivity index (χ4n) is 4.22. The Balaban J connectivity index is 2.06. The summed E-state index contributed by atoms with van der Waals surface area (Å²) in [5, 5.41) is 2.72. The number of rotatable bonds is 4. The minimum Gasteiger partial charge on any atom is -0.448 e. The summed E-state index contributed by atoms with van der Waals surface area (Å²) in [5.74, 6) is -1.25.